The van der Waals surface area contributed by atoms with Crippen LogP contribution in [0, 0.1) is 0 Å². The molecule has 1 unspecified atom stereocenters. The molecule has 0 aliphatic carbocycles. The Labute approximate surface area is 158 Å². The number of carbonyl (C=O) groups is 2. The van der Waals surface area contributed by atoms with Gasteiger partial charge in [0.25, 0.3) is 5.91 Å². The summed E-state index contributed by atoms with van der Waals surface area (Å²) in [4.78, 5) is 23.9. The van der Waals surface area contributed by atoms with Crippen molar-refractivity contribution in [1.29, 1.82) is 0 Å². The molecule has 0 spiro atoms. The molecule has 1 atom stereocenters. The number of hydrogen-bond donors (Lipinski definition) is 1. The van der Waals surface area contributed by atoms with Gasteiger partial charge in [-0.3, -0.25) is 9.59 Å². The minimum absolute atomic E-state index is 0.0741. The van der Waals surface area contributed by atoms with Crippen LogP contribution in [0.25, 0.3) is 0 Å². The lowest BCUT2D eigenvalue weighted by Crippen LogP contribution is -2.30. The van der Waals surface area contributed by atoms with Crippen molar-refractivity contribution in [3.05, 3.63) is 42.0 Å². The predicted molar refractivity (Wildman–Crippen MR) is 101 cm³/mol. The summed E-state index contributed by atoms with van der Waals surface area (Å²) in [5.41, 5.74) is 0.993. The average molecular weight is 373 g/mol. The van der Waals surface area contributed by atoms with Crippen molar-refractivity contribution < 1.29 is 28.5 Å². The van der Waals surface area contributed by atoms with E-state index in [9.17, 15) is 9.59 Å². The maximum Gasteiger partial charge on any atom is 0.265 e. The quantitative estimate of drug-likeness (QED) is 0.715. The highest BCUT2D eigenvalue weighted by atomic mass is 16.5. The van der Waals surface area contributed by atoms with E-state index in [2.05, 4.69) is 5.32 Å². The molecule has 0 heterocycles. The number of carbonyl (C=O) groups excluding carboxylic acids is 2. The van der Waals surface area contributed by atoms with E-state index in [1.807, 2.05) is 0 Å². The molecule has 2 rings (SSSR count). The van der Waals surface area contributed by atoms with Crippen molar-refractivity contribution >= 4 is 17.4 Å². The summed E-state index contributed by atoms with van der Waals surface area (Å²) in [6.07, 6.45) is -0.786. The molecule has 2 aromatic rings. The van der Waals surface area contributed by atoms with Crippen LogP contribution in [0.2, 0.25) is 0 Å². The zero-order valence-corrected chi connectivity index (χ0v) is 16.0. The highest BCUT2D eigenvalue weighted by Crippen LogP contribution is 2.39. The van der Waals surface area contributed by atoms with Gasteiger partial charge in [0.05, 0.1) is 21.3 Å². The van der Waals surface area contributed by atoms with E-state index in [0.29, 0.717) is 34.2 Å². The second-order valence-corrected chi connectivity index (χ2v) is 5.75. The van der Waals surface area contributed by atoms with Gasteiger partial charge in [-0.15, -0.1) is 0 Å². The van der Waals surface area contributed by atoms with E-state index < -0.39 is 6.10 Å². The smallest absolute Gasteiger partial charge is 0.265 e. The first-order chi connectivity index (χ1) is 12.9. The lowest BCUT2D eigenvalue weighted by atomic mass is 10.1. The third-order valence-electron chi connectivity index (χ3n) is 3.85. The fraction of sp³-hybridized carbons (Fsp3) is 0.300. The predicted octanol–water partition coefficient (Wildman–Crippen LogP) is 3.32. The Morgan fingerprint density at radius 1 is 0.963 bits per heavy atom. The SMILES string of the molecule is COc1cc(NC(=O)C(C)Oc2cccc(C(C)=O)c2)cc(OC)c1OC. The van der Waals surface area contributed by atoms with Crippen LogP contribution in [0.15, 0.2) is 36.4 Å². The van der Waals surface area contributed by atoms with Gasteiger partial charge in [-0.05, 0) is 26.0 Å². The first-order valence-electron chi connectivity index (χ1n) is 8.28. The Hall–Kier alpha value is -3.22. The van der Waals surface area contributed by atoms with Crippen LogP contribution >= 0.6 is 0 Å². The molecule has 0 radical (unpaired) electrons. The Morgan fingerprint density at radius 2 is 1.59 bits per heavy atom. The first kappa shape index (κ1) is 20.1. The molecule has 0 aromatic heterocycles. The summed E-state index contributed by atoms with van der Waals surface area (Å²) in [5, 5.41) is 2.75. The number of methoxy groups -OCH3 is 3. The topological polar surface area (TPSA) is 83.1 Å². The van der Waals surface area contributed by atoms with Crippen molar-refractivity contribution in [2.24, 2.45) is 0 Å². The third kappa shape index (κ3) is 4.91. The number of ether oxygens (including phenoxy) is 4. The van der Waals surface area contributed by atoms with Crippen molar-refractivity contribution in [3.63, 3.8) is 0 Å². The van der Waals surface area contributed by atoms with E-state index in [4.69, 9.17) is 18.9 Å². The minimum atomic E-state index is -0.786. The molecule has 1 amide bonds. The highest BCUT2D eigenvalue weighted by Gasteiger charge is 2.18. The molecule has 0 saturated carbocycles. The Bertz CT molecular complexity index is 808. The van der Waals surface area contributed by atoms with Gasteiger partial charge in [0, 0.05) is 23.4 Å². The zero-order chi connectivity index (χ0) is 20.0. The summed E-state index contributed by atoms with van der Waals surface area (Å²) >= 11 is 0. The van der Waals surface area contributed by atoms with Gasteiger partial charge in [0.15, 0.2) is 23.4 Å². The molecule has 0 bridgehead atoms. The fourth-order valence-corrected chi connectivity index (χ4v) is 2.44. The maximum absolute atomic E-state index is 12.5. The molecule has 1 N–H and O–H groups in total. The first-order valence-corrected chi connectivity index (χ1v) is 8.28. The summed E-state index contributed by atoms with van der Waals surface area (Å²) in [6.45, 7) is 3.09. The Morgan fingerprint density at radius 3 is 2.11 bits per heavy atom. The number of ketones is 1. The number of nitrogens with one attached hydrogen (secondary N) is 1. The van der Waals surface area contributed by atoms with Gasteiger partial charge < -0.3 is 24.3 Å². The van der Waals surface area contributed by atoms with Gasteiger partial charge in [0.1, 0.15) is 5.75 Å². The standard InChI is InChI=1S/C20H23NO6/c1-12(22)14-7-6-8-16(9-14)27-13(2)20(23)21-15-10-17(24-3)19(26-5)18(11-15)25-4/h6-11,13H,1-5H3,(H,21,23). The largest absolute Gasteiger partial charge is 0.493 e. The highest BCUT2D eigenvalue weighted by molar-refractivity contribution is 5.95. The zero-order valence-electron chi connectivity index (χ0n) is 16.0. The Kier molecular flexibility index (Phi) is 6.65. The molecule has 7 nitrogen and oxygen atoms in total. The number of Topliss-reactive ketones (excluding diaryl/α,β-unsaturated/α-hetero) is 1. The lowest BCUT2D eigenvalue weighted by molar-refractivity contribution is -0.122. The second kappa shape index (κ2) is 8.93. The molecule has 7 heteroatoms. The number of hydrogen-bond acceptors (Lipinski definition) is 6. The minimum Gasteiger partial charge on any atom is -0.493 e. The summed E-state index contributed by atoms with van der Waals surface area (Å²) in [5.74, 6) is 1.29. The third-order valence-corrected chi connectivity index (χ3v) is 3.85. The van der Waals surface area contributed by atoms with Crippen molar-refractivity contribution in [2.45, 2.75) is 20.0 Å². The second-order valence-electron chi connectivity index (χ2n) is 5.75. The lowest BCUT2D eigenvalue weighted by Gasteiger charge is -2.17. The average Bonchev–Trinajstić information content (AvgIpc) is 2.67. The van der Waals surface area contributed by atoms with Crippen LogP contribution in [0.5, 0.6) is 23.0 Å². The van der Waals surface area contributed by atoms with Crippen LogP contribution in [-0.2, 0) is 4.79 Å². The van der Waals surface area contributed by atoms with E-state index in [1.54, 1.807) is 43.3 Å². The fourth-order valence-electron chi connectivity index (χ4n) is 2.44. The van der Waals surface area contributed by atoms with Gasteiger partial charge in [0.2, 0.25) is 5.75 Å². The molecule has 0 fully saturated rings. The van der Waals surface area contributed by atoms with Gasteiger partial charge in [-0.2, -0.15) is 0 Å². The summed E-state index contributed by atoms with van der Waals surface area (Å²) < 4.78 is 21.5. The molecule has 27 heavy (non-hydrogen) atoms. The normalized spacial score (nSPS) is 11.3. The molecule has 2 aromatic carbocycles. The maximum atomic E-state index is 12.5. The van der Waals surface area contributed by atoms with E-state index in [0.717, 1.165) is 0 Å². The summed E-state index contributed by atoms with van der Waals surface area (Å²) in [6, 6.07) is 9.94. The van der Waals surface area contributed by atoms with E-state index >= 15 is 0 Å². The molecular weight excluding hydrogens is 350 g/mol. The monoisotopic (exact) mass is 373 g/mol. The van der Waals surface area contributed by atoms with Crippen molar-refractivity contribution in [3.8, 4) is 23.0 Å². The Balaban J connectivity index is 2.14. The number of anilines is 1. The van der Waals surface area contributed by atoms with E-state index in [1.165, 1.54) is 28.3 Å². The van der Waals surface area contributed by atoms with Gasteiger partial charge >= 0.3 is 0 Å². The molecule has 0 aliphatic heterocycles. The van der Waals surface area contributed by atoms with Crippen LogP contribution < -0.4 is 24.3 Å². The summed E-state index contributed by atoms with van der Waals surface area (Å²) in [7, 11) is 4.50. The molecule has 0 aliphatic rings. The van der Waals surface area contributed by atoms with Crippen molar-refractivity contribution in [1.82, 2.24) is 0 Å². The van der Waals surface area contributed by atoms with Crippen LogP contribution in [0.4, 0.5) is 5.69 Å². The van der Waals surface area contributed by atoms with Gasteiger partial charge in [-0.25, -0.2) is 0 Å². The number of benzene rings is 2. The van der Waals surface area contributed by atoms with Crippen LogP contribution in [-0.4, -0.2) is 39.1 Å². The molecule has 0 saturated heterocycles. The van der Waals surface area contributed by atoms with E-state index in [-0.39, 0.29) is 11.7 Å². The van der Waals surface area contributed by atoms with Crippen molar-refractivity contribution in [2.75, 3.05) is 26.6 Å². The molecular formula is C20H23NO6. The number of amides is 1. The van der Waals surface area contributed by atoms with Crippen LogP contribution in [0.3, 0.4) is 0 Å². The van der Waals surface area contributed by atoms with Crippen LogP contribution in [0.1, 0.15) is 24.2 Å². The molecule has 144 valence electrons. The van der Waals surface area contributed by atoms with Gasteiger partial charge in [-0.1, -0.05) is 12.1 Å². The number of rotatable bonds is 8.